The topological polar surface area (TPSA) is 20.3 Å². The number of hydrogen-bond donors (Lipinski definition) is 0. The van der Waals surface area contributed by atoms with E-state index in [1.54, 1.807) is 13.1 Å². The Morgan fingerprint density at radius 2 is 1.95 bits per heavy atom. The molecule has 2 rings (SSSR count). The van der Waals surface area contributed by atoms with Gasteiger partial charge in [0.15, 0.2) is 0 Å². The summed E-state index contributed by atoms with van der Waals surface area (Å²) in [6, 6.07) is 12.2. The lowest BCUT2D eigenvalue weighted by atomic mass is 10.1. The molecule has 0 aliphatic rings. The van der Waals surface area contributed by atoms with Crippen LogP contribution in [-0.4, -0.2) is 17.9 Å². The highest BCUT2D eigenvalue weighted by Crippen LogP contribution is 2.18. The maximum absolute atomic E-state index is 13.7. The van der Waals surface area contributed by atoms with Gasteiger partial charge in [-0.15, -0.1) is 0 Å². The molecular formula is C16H15BrFNO. The Morgan fingerprint density at radius 1 is 1.25 bits per heavy atom. The third-order valence-corrected chi connectivity index (χ3v) is 3.67. The second kappa shape index (κ2) is 6.18. The number of hydrogen-bond acceptors (Lipinski definition) is 1. The predicted molar refractivity (Wildman–Crippen MR) is 81.1 cm³/mol. The first-order valence-electron chi connectivity index (χ1n) is 6.24. The molecule has 104 valence electrons. The van der Waals surface area contributed by atoms with Gasteiger partial charge in [0.05, 0.1) is 5.56 Å². The van der Waals surface area contributed by atoms with Crippen LogP contribution in [0, 0.1) is 12.7 Å². The average Bonchev–Trinajstić information content (AvgIpc) is 2.43. The normalized spacial score (nSPS) is 10.4. The van der Waals surface area contributed by atoms with E-state index in [1.807, 2.05) is 31.2 Å². The van der Waals surface area contributed by atoms with Gasteiger partial charge in [0.25, 0.3) is 5.91 Å². The van der Waals surface area contributed by atoms with Crippen molar-refractivity contribution >= 4 is 21.8 Å². The van der Waals surface area contributed by atoms with Crippen LogP contribution in [0.15, 0.2) is 46.9 Å². The summed E-state index contributed by atoms with van der Waals surface area (Å²) in [5.74, 6) is -0.832. The fraction of sp³-hybridized carbons (Fsp3) is 0.188. The molecule has 0 fully saturated rings. The van der Waals surface area contributed by atoms with E-state index in [-0.39, 0.29) is 11.5 Å². The maximum atomic E-state index is 13.7. The van der Waals surface area contributed by atoms with Crippen molar-refractivity contribution in [3.63, 3.8) is 0 Å². The molecule has 2 nitrogen and oxygen atoms in total. The zero-order valence-corrected chi connectivity index (χ0v) is 12.9. The molecule has 0 radical (unpaired) electrons. The first-order valence-corrected chi connectivity index (χ1v) is 7.03. The Hall–Kier alpha value is -1.68. The minimum Gasteiger partial charge on any atom is -0.337 e. The Kier molecular flexibility index (Phi) is 4.55. The molecular weight excluding hydrogens is 321 g/mol. The van der Waals surface area contributed by atoms with Gasteiger partial charge in [-0.3, -0.25) is 4.79 Å². The van der Waals surface area contributed by atoms with Crippen molar-refractivity contribution in [3.8, 4) is 0 Å². The first-order chi connectivity index (χ1) is 9.49. The van der Waals surface area contributed by atoms with Crippen molar-refractivity contribution in [2.24, 2.45) is 0 Å². The molecule has 0 N–H and O–H groups in total. The Labute approximate surface area is 126 Å². The van der Waals surface area contributed by atoms with Crippen LogP contribution in [-0.2, 0) is 6.54 Å². The van der Waals surface area contributed by atoms with Gasteiger partial charge in [-0.05, 0) is 36.2 Å². The second-order valence-electron chi connectivity index (χ2n) is 4.71. The zero-order valence-electron chi connectivity index (χ0n) is 11.4. The van der Waals surface area contributed by atoms with Crippen LogP contribution < -0.4 is 0 Å². The smallest absolute Gasteiger partial charge is 0.256 e. The molecule has 0 saturated carbocycles. The predicted octanol–water partition coefficient (Wildman–Crippen LogP) is 4.17. The van der Waals surface area contributed by atoms with Crippen LogP contribution in [0.4, 0.5) is 4.39 Å². The molecule has 1 amide bonds. The molecule has 4 heteroatoms. The molecule has 0 bridgehead atoms. The van der Waals surface area contributed by atoms with Crippen LogP contribution in [0.2, 0.25) is 0 Å². The fourth-order valence-electron chi connectivity index (χ4n) is 1.98. The van der Waals surface area contributed by atoms with Gasteiger partial charge in [0.1, 0.15) is 5.82 Å². The van der Waals surface area contributed by atoms with E-state index in [0.717, 1.165) is 11.1 Å². The average molecular weight is 336 g/mol. The summed E-state index contributed by atoms with van der Waals surface area (Å²) < 4.78 is 14.4. The maximum Gasteiger partial charge on any atom is 0.256 e. The minimum absolute atomic E-state index is 0.0791. The standard InChI is InChI=1S/C16H15BrFNO/c1-11-5-3-4-6-12(11)10-19(2)16(20)14-9-13(17)7-8-15(14)18/h3-9H,10H2,1-2H3. The third-order valence-electron chi connectivity index (χ3n) is 3.17. The van der Waals surface area contributed by atoms with E-state index in [0.29, 0.717) is 11.0 Å². The zero-order chi connectivity index (χ0) is 14.7. The number of rotatable bonds is 3. The third kappa shape index (κ3) is 3.25. The minimum atomic E-state index is -0.505. The van der Waals surface area contributed by atoms with Gasteiger partial charge < -0.3 is 4.90 Å². The van der Waals surface area contributed by atoms with E-state index in [1.165, 1.54) is 17.0 Å². The van der Waals surface area contributed by atoms with E-state index in [2.05, 4.69) is 15.9 Å². The molecule has 0 heterocycles. The molecule has 2 aromatic carbocycles. The number of carbonyl (C=O) groups is 1. The molecule has 0 spiro atoms. The van der Waals surface area contributed by atoms with Gasteiger partial charge in [0, 0.05) is 18.1 Å². The second-order valence-corrected chi connectivity index (χ2v) is 5.63. The van der Waals surface area contributed by atoms with Crippen molar-refractivity contribution in [2.45, 2.75) is 13.5 Å². The van der Waals surface area contributed by atoms with E-state index in [9.17, 15) is 9.18 Å². The SMILES string of the molecule is Cc1ccccc1CN(C)C(=O)c1cc(Br)ccc1F. The molecule has 0 saturated heterocycles. The van der Waals surface area contributed by atoms with Crippen LogP contribution >= 0.6 is 15.9 Å². The molecule has 2 aromatic rings. The van der Waals surface area contributed by atoms with E-state index in [4.69, 9.17) is 0 Å². The number of halogens is 2. The highest BCUT2D eigenvalue weighted by Gasteiger charge is 2.17. The van der Waals surface area contributed by atoms with Crippen molar-refractivity contribution in [1.82, 2.24) is 4.90 Å². The molecule has 0 aliphatic heterocycles. The number of carbonyl (C=O) groups excluding carboxylic acids is 1. The highest BCUT2D eigenvalue weighted by atomic mass is 79.9. The van der Waals surface area contributed by atoms with Gasteiger partial charge in [-0.25, -0.2) is 4.39 Å². The lowest BCUT2D eigenvalue weighted by Crippen LogP contribution is -2.27. The van der Waals surface area contributed by atoms with Crippen LogP contribution in [0.25, 0.3) is 0 Å². The fourth-order valence-corrected chi connectivity index (χ4v) is 2.34. The van der Waals surface area contributed by atoms with Crippen molar-refractivity contribution < 1.29 is 9.18 Å². The summed E-state index contributed by atoms with van der Waals surface area (Å²) >= 11 is 3.25. The largest absolute Gasteiger partial charge is 0.337 e. The number of benzene rings is 2. The quantitative estimate of drug-likeness (QED) is 0.824. The molecule has 0 aliphatic carbocycles. The molecule has 0 unspecified atom stereocenters. The molecule has 20 heavy (non-hydrogen) atoms. The van der Waals surface area contributed by atoms with Gasteiger partial charge in [-0.2, -0.15) is 0 Å². The van der Waals surface area contributed by atoms with E-state index >= 15 is 0 Å². The summed E-state index contributed by atoms with van der Waals surface area (Å²) in [7, 11) is 1.68. The van der Waals surface area contributed by atoms with Crippen molar-refractivity contribution in [1.29, 1.82) is 0 Å². The Bertz CT molecular complexity index is 642. The van der Waals surface area contributed by atoms with Gasteiger partial charge in [0.2, 0.25) is 0 Å². The summed E-state index contributed by atoms with van der Waals surface area (Å²) in [6.07, 6.45) is 0. The van der Waals surface area contributed by atoms with Crippen molar-refractivity contribution in [3.05, 3.63) is 69.4 Å². The van der Waals surface area contributed by atoms with Crippen molar-refractivity contribution in [2.75, 3.05) is 7.05 Å². The summed E-state index contributed by atoms with van der Waals surface area (Å²) in [4.78, 5) is 13.8. The van der Waals surface area contributed by atoms with Crippen LogP contribution in [0.5, 0.6) is 0 Å². The first kappa shape index (κ1) is 14.7. The summed E-state index contributed by atoms with van der Waals surface area (Å²) in [5.41, 5.74) is 2.25. The number of aryl methyl sites for hydroxylation is 1. The van der Waals surface area contributed by atoms with Gasteiger partial charge in [-0.1, -0.05) is 40.2 Å². The lowest BCUT2D eigenvalue weighted by Gasteiger charge is -2.19. The Morgan fingerprint density at radius 3 is 2.65 bits per heavy atom. The summed E-state index contributed by atoms with van der Waals surface area (Å²) in [6.45, 7) is 2.45. The monoisotopic (exact) mass is 335 g/mol. The van der Waals surface area contributed by atoms with Crippen LogP contribution in [0.3, 0.4) is 0 Å². The number of amides is 1. The van der Waals surface area contributed by atoms with E-state index < -0.39 is 5.82 Å². The number of nitrogens with zero attached hydrogens (tertiary/aromatic N) is 1. The lowest BCUT2D eigenvalue weighted by molar-refractivity contribution is 0.0780. The molecule has 0 aromatic heterocycles. The highest BCUT2D eigenvalue weighted by molar-refractivity contribution is 9.10. The summed E-state index contributed by atoms with van der Waals surface area (Å²) in [5, 5.41) is 0. The Balaban J connectivity index is 2.21. The van der Waals surface area contributed by atoms with Gasteiger partial charge >= 0.3 is 0 Å². The van der Waals surface area contributed by atoms with Crippen LogP contribution in [0.1, 0.15) is 21.5 Å². The molecule has 0 atom stereocenters.